The van der Waals surface area contributed by atoms with Gasteiger partial charge < -0.3 is 11.1 Å². The number of nitrogens with zero attached hydrogens (tertiary/aromatic N) is 2. The third-order valence-corrected chi connectivity index (χ3v) is 4.62. The van der Waals surface area contributed by atoms with Gasteiger partial charge in [0.05, 0.1) is 0 Å². The lowest BCUT2D eigenvalue weighted by molar-refractivity contribution is 0.253. The molecule has 1 aliphatic heterocycles. The van der Waals surface area contributed by atoms with Crippen LogP contribution in [0.25, 0.3) is 0 Å². The van der Waals surface area contributed by atoms with Crippen LogP contribution in [0, 0.1) is 13.8 Å². The van der Waals surface area contributed by atoms with E-state index in [2.05, 4.69) is 71.5 Å². The van der Waals surface area contributed by atoms with Gasteiger partial charge >= 0.3 is 0 Å². The summed E-state index contributed by atoms with van der Waals surface area (Å²) in [5.74, 6) is 0.494. The van der Waals surface area contributed by atoms with E-state index >= 15 is 0 Å². The van der Waals surface area contributed by atoms with E-state index in [1.54, 1.807) is 0 Å². The molecule has 0 amide bonds. The molecule has 132 valence electrons. The minimum Gasteiger partial charge on any atom is -0.370 e. The van der Waals surface area contributed by atoms with Crippen molar-refractivity contribution < 1.29 is 0 Å². The van der Waals surface area contributed by atoms with Gasteiger partial charge in [0.1, 0.15) is 0 Å². The van der Waals surface area contributed by atoms with Crippen molar-refractivity contribution in [2.45, 2.75) is 33.2 Å². The van der Waals surface area contributed by atoms with Crippen LogP contribution in [0.2, 0.25) is 0 Å². The lowest BCUT2D eigenvalue weighted by Gasteiger charge is -2.28. The van der Waals surface area contributed by atoms with E-state index in [0.29, 0.717) is 5.96 Å². The Bertz CT molecular complexity index is 731. The van der Waals surface area contributed by atoms with Gasteiger partial charge in [-0.15, -0.1) is 0 Å². The van der Waals surface area contributed by atoms with Gasteiger partial charge in [0.2, 0.25) is 0 Å². The number of nitrogens with one attached hydrogen (secondary N) is 1. The Morgan fingerprint density at radius 1 is 1.12 bits per heavy atom. The number of benzene rings is 2. The van der Waals surface area contributed by atoms with Crippen LogP contribution in [0.4, 0.5) is 5.69 Å². The van der Waals surface area contributed by atoms with Crippen molar-refractivity contribution in [3.05, 3.63) is 64.7 Å². The molecule has 2 aromatic carbocycles. The highest BCUT2D eigenvalue weighted by atomic mass is 15.1. The topological polar surface area (TPSA) is 53.6 Å². The summed E-state index contributed by atoms with van der Waals surface area (Å²) in [4.78, 5) is 6.97. The monoisotopic (exact) mass is 336 g/mol. The van der Waals surface area contributed by atoms with Crippen molar-refractivity contribution in [1.82, 2.24) is 4.90 Å². The molecule has 0 bridgehead atoms. The number of nitrogens with two attached hydrogens (primary N) is 1. The molecule has 25 heavy (non-hydrogen) atoms. The van der Waals surface area contributed by atoms with E-state index in [1.807, 2.05) is 0 Å². The first-order valence-corrected chi connectivity index (χ1v) is 9.04. The van der Waals surface area contributed by atoms with Crippen molar-refractivity contribution >= 4 is 11.6 Å². The molecule has 4 heteroatoms. The maximum absolute atomic E-state index is 6.01. The molecule has 1 heterocycles. The minimum absolute atomic E-state index is 0.494. The summed E-state index contributed by atoms with van der Waals surface area (Å²) in [6, 6.07) is 15.1. The third-order valence-electron chi connectivity index (χ3n) is 4.62. The highest BCUT2D eigenvalue weighted by Gasteiger charge is 2.14. The molecule has 0 fully saturated rings. The van der Waals surface area contributed by atoms with E-state index < -0.39 is 0 Å². The number of hydrogen-bond donors (Lipinski definition) is 2. The molecule has 0 atom stereocenters. The van der Waals surface area contributed by atoms with Gasteiger partial charge in [-0.2, -0.15) is 0 Å². The SMILES string of the molecule is Cc1cc(C)cc(NC(N)=NCCCN2CCc3ccccc3C2)c1. The summed E-state index contributed by atoms with van der Waals surface area (Å²) in [6.07, 6.45) is 2.17. The second-order valence-electron chi connectivity index (χ2n) is 6.92. The molecule has 3 N–H and O–H groups in total. The van der Waals surface area contributed by atoms with Gasteiger partial charge in [-0.1, -0.05) is 30.3 Å². The fourth-order valence-corrected chi connectivity index (χ4v) is 3.47. The van der Waals surface area contributed by atoms with Gasteiger partial charge in [0.25, 0.3) is 0 Å². The maximum Gasteiger partial charge on any atom is 0.193 e. The van der Waals surface area contributed by atoms with Crippen LogP contribution in [0.5, 0.6) is 0 Å². The Hall–Kier alpha value is -2.33. The fraction of sp³-hybridized carbons (Fsp3) is 0.381. The summed E-state index contributed by atoms with van der Waals surface area (Å²) in [5, 5.41) is 3.19. The number of guanidine groups is 1. The second-order valence-corrected chi connectivity index (χ2v) is 6.92. The zero-order valence-electron chi connectivity index (χ0n) is 15.3. The molecule has 2 aromatic rings. The Morgan fingerprint density at radius 3 is 2.60 bits per heavy atom. The molecule has 0 radical (unpaired) electrons. The predicted octanol–water partition coefficient (Wildman–Crippen LogP) is 3.48. The normalized spacial score (nSPS) is 15.0. The molecule has 0 spiro atoms. The Kier molecular flexibility index (Phi) is 5.71. The Labute approximate surface area is 150 Å². The average molecular weight is 336 g/mol. The molecule has 4 nitrogen and oxygen atoms in total. The van der Waals surface area contributed by atoms with E-state index in [4.69, 9.17) is 5.73 Å². The molecular weight excluding hydrogens is 308 g/mol. The zero-order chi connectivity index (χ0) is 17.6. The van der Waals surface area contributed by atoms with Gasteiger partial charge in [-0.3, -0.25) is 9.89 Å². The van der Waals surface area contributed by atoms with E-state index in [1.165, 1.54) is 22.3 Å². The predicted molar refractivity (Wildman–Crippen MR) is 106 cm³/mol. The number of aryl methyl sites for hydroxylation is 2. The van der Waals surface area contributed by atoms with Crippen LogP contribution in [0.3, 0.4) is 0 Å². The van der Waals surface area contributed by atoms with Gasteiger partial charge in [-0.25, -0.2) is 0 Å². The number of hydrogen-bond acceptors (Lipinski definition) is 2. The molecule has 1 aliphatic rings. The summed E-state index contributed by atoms with van der Waals surface area (Å²) in [5.41, 5.74) is 12.4. The smallest absolute Gasteiger partial charge is 0.193 e. The van der Waals surface area contributed by atoms with E-state index in [9.17, 15) is 0 Å². The third kappa shape index (κ3) is 5.07. The van der Waals surface area contributed by atoms with Crippen LogP contribution in [-0.2, 0) is 13.0 Å². The fourth-order valence-electron chi connectivity index (χ4n) is 3.47. The van der Waals surface area contributed by atoms with Crippen molar-refractivity contribution in [1.29, 1.82) is 0 Å². The number of anilines is 1. The van der Waals surface area contributed by atoms with Crippen LogP contribution < -0.4 is 11.1 Å². The second kappa shape index (κ2) is 8.17. The molecular formula is C21H28N4. The minimum atomic E-state index is 0.494. The highest BCUT2D eigenvalue weighted by Crippen LogP contribution is 2.18. The first-order chi connectivity index (χ1) is 12.1. The van der Waals surface area contributed by atoms with Crippen molar-refractivity contribution in [2.24, 2.45) is 10.7 Å². The molecule has 3 rings (SSSR count). The summed E-state index contributed by atoms with van der Waals surface area (Å²) in [7, 11) is 0. The highest BCUT2D eigenvalue weighted by molar-refractivity contribution is 5.92. The number of fused-ring (bicyclic) bond motifs is 1. The molecule has 0 saturated heterocycles. The zero-order valence-corrected chi connectivity index (χ0v) is 15.3. The lowest BCUT2D eigenvalue weighted by Crippen LogP contribution is -2.31. The van der Waals surface area contributed by atoms with Crippen LogP contribution in [0.1, 0.15) is 28.7 Å². The molecule has 0 aromatic heterocycles. The van der Waals surface area contributed by atoms with E-state index in [0.717, 1.165) is 44.7 Å². The van der Waals surface area contributed by atoms with Gasteiger partial charge in [0.15, 0.2) is 5.96 Å². The van der Waals surface area contributed by atoms with Crippen molar-refractivity contribution in [3.8, 4) is 0 Å². The van der Waals surface area contributed by atoms with Gasteiger partial charge in [0, 0.05) is 31.9 Å². The van der Waals surface area contributed by atoms with Gasteiger partial charge in [-0.05, 0) is 61.1 Å². The number of aliphatic imine (C=N–C) groups is 1. The summed E-state index contributed by atoms with van der Waals surface area (Å²) in [6.45, 7) is 8.17. The summed E-state index contributed by atoms with van der Waals surface area (Å²) >= 11 is 0. The van der Waals surface area contributed by atoms with Crippen LogP contribution in [0.15, 0.2) is 47.5 Å². The Balaban J connectivity index is 1.44. The van der Waals surface area contributed by atoms with Crippen LogP contribution in [-0.4, -0.2) is 30.5 Å². The van der Waals surface area contributed by atoms with Crippen molar-refractivity contribution in [2.75, 3.05) is 25.0 Å². The number of rotatable bonds is 5. The first-order valence-electron chi connectivity index (χ1n) is 9.04. The van der Waals surface area contributed by atoms with Crippen molar-refractivity contribution in [3.63, 3.8) is 0 Å². The first kappa shape index (κ1) is 17.5. The van der Waals surface area contributed by atoms with E-state index in [-0.39, 0.29) is 0 Å². The lowest BCUT2D eigenvalue weighted by atomic mass is 10.00. The quantitative estimate of drug-likeness (QED) is 0.499. The molecule has 0 saturated carbocycles. The average Bonchev–Trinajstić information content (AvgIpc) is 2.57. The summed E-state index contributed by atoms with van der Waals surface area (Å²) < 4.78 is 0. The molecule has 0 aliphatic carbocycles. The standard InChI is InChI=1S/C21H28N4/c1-16-12-17(2)14-20(13-16)24-21(22)23-9-5-10-25-11-8-18-6-3-4-7-19(18)15-25/h3-4,6-7,12-14H,5,8-11,15H2,1-2H3,(H3,22,23,24). The molecule has 0 unspecified atom stereocenters. The Morgan fingerprint density at radius 2 is 1.84 bits per heavy atom. The van der Waals surface area contributed by atoms with Crippen LogP contribution >= 0.6 is 0 Å². The maximum atomic E-state index is 6.01. The largest absolute Gasteiger partial charge is 0.370 e.